The van der Waals surface area contributed by atoms with Gasteiger partial charge in [0.2, 0.25) is 0 Å². The van der Waals surface area contributed by atoms with Crippen molar-refractivity contribution in [2.24, 2.45) is 5.92 Å². The van der Waals surface area contributed by atoms with E-state index in [1.165, 1.54) is 25.9 Å². The van der Waals surface area contributed by atoms with Gasteiger partial charge in [0.25, 0.3) is 0 Å². The zero-order valence-electron chi connectivity index (χ0n) is 11.2. The number of thiazole rings is 1. The lowest BCUT2D eigenvalue weighted by atomic mass is 10.0. The second-order valence-corrected chi connectivity index (χ2v) is 6.27. The highest BCUT2D eigenvalue weighted by atomic mass is 32.1. The number of aromatic nitrogens is 1. The standard InChI is InChI=1S/C14H20N2O2S/c1-11-3-2-7-16(10-11)8-6-13-15-9-12(19-13)4-5-14(17)18/h4-5,9,11H,2-3,6-8,10H2,1H3,(H,17,18)/b5-4+. The number of aliphatic carboxylic acids is 1. The maximum atomic E-state index is 10.4. The van der Waals surface area contributed by atoms with Gasteiger partial charge in [0.1, 0.15) is 0 Å². The molecule has 0 amide bonds. The molecule has 1 aliphatic heterocycles. The fourth-order valence-electron chi connectivity index (χ4n) is 2.41. The summed E-state index contributed by atoms with van der Waals surface area (Å²) in [4.78, 5) is 18.2. The van der Waals surface area contributed by atoms with Crippen LogP contribution in [0.4, 0.5) is 0 Å². The fraction of sp³-hybridized carbons (Fsp3) is 0.571. The van der Waals surface area contributed by atoms with E-state index in [1.807, 2.05) is 0 Å². The van der Waals surface area contributed by atoms with Gasteiger partial charge in [-0.3, -0.25) is 0 Å². The van der Waals surface area contributed by atoms with E-state index in [0.717, 1.165) is 34.8 Å². The lowest BCUT2D eigenvalue weighted by Crippen LogP contribution is -2.35. The van der Waals surface area contributed by atoms with Crippen LogP contribution in [0.3, 0.4) is 0 Å². The third-order valence-electron chi connectivity index (χ3n) is 3.34. The minimum atomic E-state index is -0.919. The van der Waals surface area contributed by atoms with Crippen molar-refractivity contribution < 1.29 is 9.90 Å². The molecule has 0 spiro atoms. The number of hydrogen-bond acceptors (Lipinski definition) is 4. The Balaban J connectivity index is 1.81. The number of piperidine rings is 1. The average Bonchev–Trinajstić information content (AvgIpc) is 2.82. The smallest absolute Gasteiger partial charge is 0.328 e. The fourth-order valence-corrected chi connectivity index (χ4v) is 3.23. The molecular formula is C14H20N2O2S. The van der Waals surface area contributed by atoms with E-state index in [1.54, 1.807) is 23.6 Å². The predicted molar refractivity (Wildman–Crippen MR) is 77.3 cm³/mol. The van der Waals surface area contributed by atoms with E-state index in [2.05, 4.69) is 16.8 Å². The highest BCUT2D eigenvalue weighted by Crippen LogP contribution is 2.18. The first-order valence-corrected chi connectivity index (χ1v) is 7.53. The Morgan fingerprint density at radius 1 is 1.68 bits per heavy atom. The molecule has 0 saturated carbocycles. The third-order valence-corrected chi connectivity index (χ3v) is 4.37. The average molecular weight is 280 g/mol. The second kappa shape index (κ2) is 6.82. The molecule has 1 aromatic heterocycles. The maximum absolute atomic E-state index is 10.4. The normalized spacial score (nSPS) is 21.0. The third kappa shape index (κ3) is 4.76. The van der Waals surface area contributed by atoms with Crippen molar-refractivity contribution in [3.63, 3.8) is 0 Å². The van der Waals surface area contributed by atoms with Crippen molar-refractivity contribution in [1.29, 1.82) is 0 Å². The first kappa shape index (κ1) is 14.2. The van der Waals surface area contributed by atoms with Crippen LogP contribution in [0, 0.1) is 5.92 Å². The maximum Gasteiger partial charge on any atom is 0.328 e. The summed E-state index contributed by atoms with van der Waals surface area (Å²) in [7, 11) is 0. The Hall–Kier alpha value is -1.20. The molecule has 19 heavy (non-hydrogen) atoms. The van der Waals surface area contributed by atoms with Gasteiger partial charge in [0, 0.05) is 36.7 Å². The van der Waals surface area contributed by atoms with Crippen LogP contribution >= 0.6 is 11.3 Å². The van der Waals surface area contributed by atoms with Gasteiger partial charge in [-0.2, -0.15) is 0 Å². The van der Waals surface area contributed by atoms with Crippen LogP contribution in [-0.4, -0.2) is 40.6 Å². The van der Waals surface area contributed by atoms with Crippen molar-refractivity contribution in [2.45, 2.75) is 26.2 Å². The number of carboxylic acid groups (broad SMARTS) is 1. The summed E-state index contributed by atoms with van der Waals surface area (Å²) < 4.78 is 0. The molecule has 0 aromatic carbocycles. The van der Waals surface area contributed by atoms with Crippen molar-refractivity contribution in [3.05, 3.63) is 22.2 Å². The van der Waals surface area contributed by atoms with Crippen LogP contribution in [0.25, 0.3) is 6.08 Å². The number of hydrogen-bond donors (Lipinski definition) is 1. The number of carboxylic acids is 1. The van der Waals surface area contributed by atoms with E-state index in [9.17, 15) is 4.79 Å². The molecule has 1 N–H and O–H groups in total. The summed E-state index contributed by atoms with van der Waals surface area (Å²) in [6.07, 6.45) is 8.11. The zero-order chi connectivity index (χ0) is 13.7. The molecule has 0 radical (unpaired) electrons. The van der Waals surface area contributed by atoms with Crippen LogP contribution in [0.15, 0.2) is 12.3 Å². The molecule has 5 heteroatoms. The van der Waals surface area contributed by atoms with Crippen molar-refractivity contribution in [2.75, 3.05) is 19.6 Å². The highest BCUT2D eigenvalue weighted by Gasteiger charge is 2.16. The lowest BCUT2D eigenvalue weighted by molar-refractivity contribution is -0.131. The first-order chi connectivity index (χ1) is 9.13. The van der Waals surface area contributed by atoms with Gasteiger partial charge in [-0.1, -0.05) is 6.92 Å². The van der Waals surface area contributed by atoms with E-state index in [4.69, 9.17) is 5.11 Å². The molecule has 0 aliphatic carbocycles. The highest BCUT2D eigenvalue weighted by molar-refractivity contribution is 7.12. The molecule has 1 aliphatic rings. The van der Waals surface area contributed by atoms with Crippen LogP contribution < -0.4 is 0 Å². The SMILES string of the molecule is CC1CCCN(CCc2ncc(/C=C/C(=O)O)s2)C1. The lowest BCUT2D eigenvalue weighted by Gasteiger charge is -2.30. The van der Waals surface area contributed by atoms with Crippen LogP contribution in [0.1, 0.15) is 29.7 Å². The Morgan fingerprint density at radius 2 is 2.53 bits per heavy atom. The van der Waals surface area contributed by atoms with Crippen molar-refractivity contribution in [3.8, 4) is 0 Å². The van der Waals surface area contributed by atoms with Gasteiger partial charge < -0.3 is 10.0 Å². The number of nitrogens with zero attached hydrogens (tertiary/aromatic N) is 2. The largest absolute Gasteiger partial charge is 0.478 e. The number of rotatable bonds is 5. The number of carbonyl (C=O) groups is 1. The summed E-state index contributed by atoms with van der Waals surface area (Å²) in [5.41, 5.74) is 0. The van der Waals surface area contributed by atoms with Gasteiger partial charge >= 0.3 is 5.97 Å². The minimum absolute atomic E-state index is 0.805. The van der Waals surface area contributed by atoms with Crippen LogP contribution in [0.2, 0.25) is 0 Å². The zero-order valence-corrected chi connectivity index (χ0v) is 12.0. The molecule has 2 rings (SSSR count). The van der Waals surface area contributed by atoms with E-state index in [-0.39, 0.29) is 0 Å². The Kier molecular flexibility index (Phi) is 5.10. The van der Waals surface area contributed by atoms with Gasteiger partial charge in [0.05, 0.1) is 5.01 Å². The molecule has 4 nitrogen and oxygen atoms in total. The first-order valence-electron chi connectivity index (χ1n) is 6.71. The Bertz CT molecular complexity index is 456. The molecule has 1 unspecified atom stereocenters. The quantitative estimate of drug-likeness (QED) is 0.842. The minimum Gasteiger partial charge on any atom is -0.478 e. The molecule has 1 atom stereocenters. The molecule has 1 aromatic rings. The summed E-state index contributed by atoms with van der Waals surface area (Å²) >= 11 is 1.58. The summed E-state index contributed by atoms with van der Waals surface area (Å²) in [5.74, 6) is -0.114. The van der Waals surface area contributed by atoms with Crippen LogP contribution in [0.5, 0.6) is 0 Å². The van der Waals surface area contributed by atoms with Crippen LogP contribution in [-0.2, 0) is 11.2 Å². The summed E-state index contributed by atoms with van der Waals surface area (Å²) in [6.45, 7) is 5.75. The Morgan fingerprint density at radius 3 is 3.26 bits per heavy atom. The van der Waals surface area contributed by atoms with Gasteiger partial charge in [-0.05, 0) is 31.4 Å². The van der Waals surface area contributed by atoms with Gasteiger partial charge in [-0.25, -0.2) is 9.78 Å². The summed E-state index contributed by atoms with van der Waals surface area (Å²) in [5, 5.41) is 9.66. The van der Waals surface area contributed by atoms with Gasteiger partial charge in [0.15, 0.2) is 0 Å². The molecule has 104 valence electrons. The van der Waals surface area contributed by atoms with E-state index in [0.29, 0.717) is 0 Å². The van der Waals surface area contributed by atoms with E-state index >= 15 is 0 Å². The molecule has 1 saturated heterocycles. The second-order valence-electron chi connectivity index (χ2n) is 5.13. The topological polar surface area (TPSA) is 53.4 Å². The molecule has 1 fully saturated rings. The van der Waals surface area contributed by atoms with E-state index < -0.39 is 5.97 Å². The molecular weight excluding hydrogens is 260 g/mol. The monoisotopic (exact) mass is 280 g/mol. The molecule has 2 heterocycles. The van der Waals surface area contributed by atoms with Crippen molar-refractivity contribution in [1.82, 2.24) is 9.88 Å². The Labute approximate surface area is 117 Å². The predicted octanol–water partition coefficient (Wildman–Crippen LogP) is 2.52. The number of likely N-dealkylation sites (tertiary alicyclic amines) is 1. The molecule has 0 bridgehead atoms. The van der Waals surface area contributed by atoms with Gasteiger partial charge in [-0.15, -0.1) is 11.3 Å². The van der Waals surface area contributed by atoms with Crippen molar-refractivity contribution >= 4 is 23.4 Å². The summed E-state index contributed by atoms with van der Waals surface area (Å²) in [6, 6.07) is 0.